The molecule has 0 aliphatic heterocycles. The van der Waals surface area contributed by atoms with Crippen molar-refractivity contribution in [3.63, 3.8) is 0 Å². The summed E-state index contributed by atoms with van der Waals surface area (Å²) in [6.45, 7) is 2.21. The minimum atomic E-state index is -0.341. The lowest BCUT2D eigenvalue weighted by atomic mass is 10.1. The van der Waals surface area contributed by atoms with Gasteiger partial charge in [0.15, 0.2) is 0 Å². The molecule has 0 fully saturated rings. The smallest absolute Gasteiger partial charge is 0.270 e. The summed E-state index contributed by atoms with van der Waals surface area (Å²) in [5.74, 6) is -0.375. The number of fused-ring (bicyclic) bond motifs is 1. The number of nitrogens with one attached hydrogen (secondary N) is 1. The summed E-state index contributed by atoms with van der Waals surface area (Å²) in [5, 5.41) is 11.2. The molecule has 136 valence electrons. The average Bonchev–Trinajstić information content (AvgIpc) is 3.25. The van der Waals surface area contributed by atoms with Crippen molar-refractivity contribution in [1.82, 2.24) is 34.7 Å². The molecule has 0 bridgehead atoms. The van der Waals surface area contributed by atoms with Crippen LogP contribution in [-0.4, -0.2) is 35.3 Å². The van der Waals surface area contributed by atoms with Crippen molar-refractivity contribution in [2.24, 2.45) is 7.05 Å². The van der Waals surface area contributed by atoms with E-state index in [0.29, 0.717) is 23.6 Å². The highest BCUT2D eigenvalue weighted by Crippen LogP contribution is 2.19. The molecule has 0 saturated carbocycles. The SMILES string of the molecule is Cc1cc(CNC(=O)c2cc(-c3ccc(F)cc3)nc3ncnn23)n(C)n1. The summed E-state index contributed by atoms with van der Waals surface area (Å²) in [6, 6.07) is 9.40. The third-order valence-electron chi connectivity index (χ3n) is 4.15. The zero-order valence-corrected chi connectivity index (χ0v) is 14.7. The van der Waals surface area contributed by atoms with Gasteiger partial charge in [-0.05, 0) is 43.3 Å². The highest BCUT2D eigenvalue weighted by Gasteiger charge is 2.16. The minimum absolute atomic E-state index is 0.288. The molecule has 27 heavy (non-hydrogen) atoms. The van der Waals surface area contributed by atoms with Crippen LogP contribution in [0.15, 0.2) is 42.7 Å². The first-order chi connectivity index (χ1) is 13.0. The zero-order chi connectivity index (χ0) is 19.0. The predicted molar refractivity (Wildman–Crippen MR) is 95.3 cm³/mol. The fraction of sp³-hybridized carbons (Fsp3) is 0.167. The van der Waals surface area contributed by atoms with Crippen LogP contribution >= 0.6 is 0 Å². The molecule has 0 atom stereocenters. The molecule has 4 aromatic rings. The number of benzene rings is 1. The van der Waals surface area contributed by atoms with E-state index in [1.165, 1.54) is 23.0 Å². The number of halogens is 1. The van der Waals surface area contributed by atoms with Crippen LogP contribution in [-0.2, 0) is 13.6 Å². The van der Waals surface area contributed by atoms with Crippen LogP contribution in [0.4, 0.5) is 4.39 Å². The molecular formula is C18H16FN7O. The van der Waals surface area contributed by atoms with Crippen molar-refractivity contribution < 1.29 is 9.18 Å². The lowest BCUT2D eigenvalue weighted by Gasteiger charge is -2.09. The molecular weight excluding hydrogens is 349 g/mol. The van der Waals surface area contributed by atoms with Gasteiger partial charge in [0.2, 0.25) is 0 Å². The summed E-state index contributed by atoms with van der Waals surface area (Å²) < 4.78 is 16.3. The van der Waals surface area contributed by atoms with Gasteiger partial charge in [0, 0.05) is 12.6 Å². The second-order valence-electron chi connectivity index (χ2n) is 6.09. The Morgan fingerprint density at radius 1 is 1.22 bits per heavy atom. The topological polar surface area (TPSA) is 90.0 Å². The number of nitrogens with zero attached hydrogens (tertiary/aromatic N) is 6. The van der Waals surface area contributed by atoms with Crippen LogP contribution in [0.3, 0.4) is 0 Å². The Kier molecular flexibility index (Phi) is 4.11. The zero-order valence-electron chi connectivity index (χ0n) is 14.7. The monoisotopic (exact) mass is 365 g/mol. The average molecular weight is 365 g/mol. The summed E-state index contributed by atoms with van der Waals surface area (Å²) in [4.78, 5) is 21.2. The van der Waals surface area contributed by atoms with Crippen molar-refractivity contribution in [3.05, 3.63) is 65.6 Å². The molecule has 0 radical (unpaired) electrons. The normalized spacial score (nSPS) is 11.1. The standard InChI is InChI=1S/C18H16FN7O/c1-11-7-14(25(2)24-11)9-20-17(27)16-8-15(12-3-5-13(19)6-4-12)23-18-21-10-22-26(16)18/h3-8,10H,9H2,1-2H3,(H,20,27). The van der Waals surface area contributed by atoms with Crippen LogP contribution in [0.25, 0.3) is 17.0 Å². The third kappa shape index (κ3) is 3.26. The molecule has 3 aromatic heterocycles. The van der Waals surface area contributed by atoms with E-state index < -0.39 is 0 Å². The highest BCUT2D eigenvalue weighted by molar-refractivity contribution is 5.94. The Balaban J connectivity index is 1.67. The summed E-state index contributed by atoms with van der Waals surface area (Å²) in [7, 11) is 1.82. The molecule has 0 unspecified atom stereocenters. The number of carbonyl (C=O) groups excluding carboxylic acids is 1. The number of carbonyl (C=O) groups is 1. The van der Waals surface area contributed by atoms with Gasteiger partial charge in [0.1, 0.15) is 17.8 Å². The summed E-state index contributed by atoms with van der Waals surface area (Å²) in [5.41, 5.74) is 3.23. The van der Waals surface area contributed by atoms with Gasteiger partial charge in [-0.3, -0.25) is 9.48 Å². The van der Waals surface area contributed by atoms with Crippen LogP contribution in [0, 0.1) is 12.7 Å². The van der Waals surface area contributed by atoms with Crippen LogP contribution in [0.5, 0.6) is 0 Å². The number of hydrogen-bond donors (Lipinski definition) is 1. The Morgan fingerprint density at radius 2 is 2.00 bits per heavy atom. The predicted octanol–water partition coefficient (Wildman–Crippen LogP) is 1.90. The lowest BCUT2D eigenvalue weighted by molar-refractivity contribution is 0.0942. The van der Waals surface area contributed by atoms with Gasteiger partial charge in [0.05, 0.1) is 23.6 Å². The second kappa shape index (κ2) is 6.60. The van der Waals surface area contributed by atoms with E-state index in [2.05, 4.69) is 25.5 Å². The molecule has 1 aromatic carbocycles. The highest BCUT2D eigenvalue weighted by atomic mass is 19.1. The maximum Gasteiger partial charge on any atom is 0.270 e. The molecule has 9 heteroatoms. The van der Waals surface area contributed by atoms with E-state index >= 15 is 0 Å². The fourth-order valence-corrected chi connectivity index (χ4v) is 2.83. The van der Waals surface area contributed by atoms with Crippen molar-refractivity contribution in [1.29, 1.82) is 0 Å². The Hall–Kier alpha value is -3.62. The van der Waals surface area contributed by atoms with E-state index in [9.17, 15) is 9.18 Å². The largest absolute Gasteiger partial charge is 0.345 e. The molecule has 0 spiro atoms. The van der Waals surface area contributed by atoms with E-state index in [4.69, 9.17) is 0 Å². The number of aromatic nitrogens is 6. The fourth-order valence-electron chi connectivity index (χ4n) is 2.83. The number of rotatable bonds is 4. The van der Waals surface area contributed by atoms with Crippen molar-refractivity contribution in [2.45, 2.75) is 13.5 Å². The van der Waals surface area contributed by atoms with Crippen LogP contribution in [0.1, 0.15) is 21.9 Å². The number of amides is 1. The van der Waals surface area contributed by atoms with Crippen molar-refractivity contribution in [2.75, 3.05) is 0 Å². The van der Waals surface area contributed by atoms with Gasteiger partial charge in [-0.25, -0.2) is 9.37 Å². The Morgan fingerprint density at radius 3 is 2.70 bits per heavy atom. The molecule has 4 rings (SSSR count). The molecule has 0 aliphatic rings. The van der Waals surface area contributed by atoms with Crippen LogP contribution < -0.4 is 5.32 Å². The lowest BCUT2D eigenvalue weighted by Crippen LogP contribution is -2.26. The minimum Gasteiger partial charge on any atom is -0.345 e. The van der Waals surface area contributed by atoms with E-state index in [1.807, 2.05) is 20.0 Å². The van der Waals surface area contributed by atoms with Gasteiger partial charge in [-0.15, -0.1) is 0 Å². The first-order valence-corrected chi connectivity index (χ1v) is 8.26. The van der Waals surface area contributed by atoms with Crippen molar-refractivity contribution >= 4 is 11.7 Å². The Labute approximate surface area is 153 Å². The summed E-state index contributed by atoms with van der Waals surface area (Å²) in [6.07, 6.45) is 1.33. The molecule has 3 heterocycles. The first-order valence-electron chi connectivity index (χ1n) is 8.26. The molecule has 8 nitrogen and oxygen atoms in total. The molecule has 0 saturated heterocycles. The second-order valence-corrected chi connectivity index (χ2v) is 6.09. The van der Waals surface area contributed by atoms with E-state index in [0.717, 1.165) is 11.4 Å². The number of hydrogen-bond acceptors (Lipinski definition) is 5. The maximum absolute atomic E-state index is 13.2. The summed E-state index contributed by atoms with van der Waals surface area (Å²) >= 11 is 0. The van der Waals surface area contributed by atoms with E-state index in [1.54, 1.807) is 22.9 Å². The Bertz CT molecular complexity index is 1130. The molecule has 0 aliphatic carbocycles. The third-order valence-corrected chi connectivity index (χ3v) is 4.15. The molecule has 1 N–H and O–H groups in total. The quantitative estimate of drug-likeness (QED) is 0.597. The maximum atomic E-state index is 13.2. The number of aryl methyl sites for hydroxylation is 2. The van der Waals surface area contributed by atoms with Gasteiger partial charge < -0.3 is 5.32 Å². The van der Waals surface area contributed by atoms with Gasteiger partial charge >= 0.3 is 0 Å². The van der Waals surface area contributed by atoms with E-state index in [-0.39, 0.29) is 17.4 Å². The van der Waals surface area contributed by atoms with Gasteiger partial charge in [0.25, 0.3) is 11.7 Å². The van der Waals surface area contributed by atoms with Gasteiger partial charge in [-0.2, -0.15) is 19.7 Å². The van der Waals surface area contributed by atoms with Gasteiger partial charge in [-0.1, -0.05) is 0 Å². The van der Waals surface area contributed by atoms with Crippen LogP contribution in [0.2, 0.25) is 0 Å². The first kappa shape index (κ1) is 16.8. The molecule has 1 amide bonds. The van der Waals surface area contributed by atoms with Crippen molar-refractivity contribution in [3.8, 4) is 11.3 Å².